The maximum absolute atomic E-state index is 10.9. The zero-order valence-electron chi connectivity index (χ0n) is 13.5. The Kier molecular flexibility index (Phi) is 5.30. The van der Waals surface area contributed by atoms with Crippen molar-refractivity contribution < 1.29 is 9.84 Å². The number of nitrogens with zero attached hydrogens (tertiary/aromatic N) is 3. The summed E-state index contributed by atoms with van der Waals surface area (Å²) >= 11 is 6.27. The van der Waals surface area contributed by atoms with Crippen LogP contribution in [-0.4, -0.2) is 52.6 Å². The summed E-state index contributed by atoms with van der Waals surface area (Å²) in [6, 6.07) is 0. The standard InChI is InChI=1S/C15H26ClN3O2/c1-9-10(2)21-11(3)13(9)15(20)14-12(16)8-17-19(14)7-6-18(4)5/h8-11,13,15,20H,6-7H2,1-5H3. The highest BCUT2D eigenvalue weighted by molar-refractivity contribution is 6.31. The molecule has 2 rings (SSSR count). The summed E-state index contributed by atoms with van der Waals surface area (Å²) in [6.07, 6.45) is 1.12. The Balaban J connectivity index is 2.22. The van der Waals surface area contributed by atoms with Crippen molar-refractivity contribution >= 4 is 11.6 Å². The van der Waals surface area contributed by atoms with Crippen LogP contribution >= 0.6 is 11.6 Å². The number of halogens is 1. The lowest BCUT2D eigenvalue weighted by Gasteiger charge is -2.26. The third-order valence-electron chi connectivity index (χ3n) is 4.56. The molecule has 0 bridgehead atoms. The maximum atomic E-state index is 10.9. The number of rotatable bonds is 5. The summed E-state index contributed by atoms with van der Waals surface area (Å²) in [5, 5.41) is 15.7. The topological polar surface area (TPSA) is 50.5 Å². The molecule has 1 aliphatic heterocycles. The fourth-order valence-electron chi connectivity index (χ4n) is 3.16. The van der Waals surface area contributed by atoms with Crippen LogP contribution < -0.4 is 0 Å². The van der Waals surface area contributed by atoms with Crippen molar-refractivity contribution in [1.29, 1.82) is 0 Å². The number of ether oxygens (including phenoxy) is 1. The molecule has 0 radical (unpaired) electrons. The Labute approximate surface area is 131 Å². The molecule has 1 aromatic heterocycles. The second-order valence-corrected chi connectivity index (χ2v) is 6.74. The molecular weight excluding hydrogens is 290 g/mol. The smallest absolute Gasteiger partial charge is 0.103 e. The monoisotopic (exact) mass is 315 g/mol. The highest BCUT2D eigenvalue weighted by atomic mass is 35.5. The lowest BCUT2D eigenvalue weighted by Crippen LogP contribution is -2.28. The minimum Gasteiger partial charge on any atom is -0.386 e. The van der Waals surface area contributed by atoms with Gasteiger partial charge in [0, 0.05) is 12.5 Å². The molecule has 6 heteroatoms. The predicted octanol–water partition coefficient (Wildman–Crippen LogP) is 2.19. The number of aliphatic hydroxyl groups is 1. The van der Waals surface area contributed by atoms with E-state index in [4.69, 9.17) is 16.3 Å². The SMILES string of the molecule is CC1OC(C)C(C(O)c2c(Cl)cnn2CCN(C)C)C1C. The van der Waals surface area contributed by atoms with E-state index in [1.165, 1.54) is 0 Å². The van der Waals surface area contributed by atoms with Crippen molar-refractivity contribution in [3.8, 4) is 0 Å². The molecule has 0 spiro atoms. The lowest BCUT2D eigenvalue weighted by atomic mass is 9.83. The Morgan fingerprint density at radius 2 is 2.05 bits per heavy atom. The molecule has 0 saturated carbocycles. The van der Waals surface area contributed by atoms with Crippen molar-refractivity contribution in [2.24, 2.45) is 11.8 Å². The molecule has 5 nitrogen and oxygen atoms in total. The first kappa shape index (κ1) is 16.7. The van der Waals surface area contributed by atoms with Gasteiger partial charge in [0.2, 0.25) is 0 Å². The maximum Gasteiger partial charge on any atom is 0.103 e. The second-order valence-electron chi connectivity index (χ2n) is 6.33. The normalized spacial score (nSPS) is 31.0. The molecule has 1 aliphatic rings. The van der Waals surface area contributed by atoms with Crippen molar-refractivity contribution in [2.45, 2.75) is 45.6 Å². The van der Waals surface area contributed by atoms with Gasteiger partial charge in [0.05, 0.1) is 35.7 Å². The molecule has 1 saturated heterocycles. The van der Waals surface area contributed by atoms with E-state index in [1.807, 2.05) is 25.7 Å². The van der Waals surface area contributed by atoms with Crippen LogP contribution in [0.1, 0.15) is 32.6 Å². The van der Waals surface area contributed by atoms with Crippen molar-refractivity contribution in [1.82, 2.24) is 14.7 Å². The fraction of sp³-hybridized carbons (Fsp3) is 0.800. The molecule has 1 N–H and O–H groups in total. The van der Waals surface area contributed by atoms with Crippen LogP contribution in [0.3, 0.4) is 0 Å². The van der Waals surface area contributed by atoms with Crippen LogP contribution in [0.25, 0.3) is 0 Å². The number of hydrogen-bond acceptors (Lipinski definition) is 4. The summed E-state index contributed by atoms with van der Waals surface area (Å²) in [4.78, 5) is 2.08. The van der Waals surface area contributed by atoms with Crippen molar-refractivity contribution in [3.05, 3.63) is 16.9 Å². The molecule has 0 amide bonds. The first-order valence-electron chi connectivity index (χ1n) is 7.52. The van der Waals surface area contributed by atoms with Crippen molar-refractivity contribution in [3.63, 3.8) is 0 Å². The summed E-state index contributed by atoms with van der Waals surface area (Å²) < 4.78 is 7.66. The molecule has 120 valence electrons. The van der Waals surface area contributed by atoms with Crippen LogP contribution in [0.5, 0.6) is 0 Å². The highest BCUT2D eigenvalue weighted by Crippen LogP contribution is 2.42. The van der Waals surface area contributed by atoms with Gasteiger partial charge < -0.3 is 14.7 Å². The molecule has 5 atom stereocenters. The van der Waals surface area contributed by atoms with E-state index in [1.54, 1.807) is 6.20 Å². The summed E-state index contributed by atoms with van der Waals surface area (Å²) in [7, 11) is 4.02. The average Bonchev–Trinajstić information content (AvgIpc) is 2.88. The number of aliphatic hydroxyl groups excluding tert-OH is 1. The van der Waals surface area contributed by atoms with E-state index in [0.29, 0.717) is 17.3 Å². The van der Waals surface area contributed by atoms with E-state index in [9.17, 15) is 5.11 Å². The van der Waals surface area contributed by atoms with Gasteiger partial charge in [-0.3, -0.25) is 4.68 Å². The molecule has 0 aliphatic carbocycles. The van der Waals surface area contributed by atoms with Crippen LogP contribution in [0.2, 0.25) is 5.02 Å². The number of likely N-dealkylation sites (N-methyl/N-ethyl adjacent to an activating group) is 1. The van der Waals surface area contributed by atoms with E-state index >= 15 is 0 Å². The van der Waals surface area contributed by atoms with Gasteiger partial charge in [-0.25, -0.2) is 0 Å². The zero-order chi connectivity index (χ0) is 15.7. The van der Waals surface area contributed by atoms with Crippen LogP contribution in [-0.2, 0) is 11.3 Å². The van der Waals surface area contributed by atoms with Crippen LogP contribution in [0, 0.1) is 11.8 Å². The first-order valence-corrected chi connectivity index (χ1v) is 7.90. The largest absolute Gasteiger partial charge is 0.386 e. The van der Waals surface area contributed by atoms with Crippen LogP contribution in [0.15, 0.2) is 6.20 Å². The molecule has 1 aromatic rings. The van der Waals surface area contributed by atoms with Gasteiger partial charge in [-0.15, -0.1) is 0 Å². The lowest BCUT2D eigenvalue weighted by molar-refractivity contribution is 0.0201. The quantitative estimate of drug-likeness (QED) is 0.905. The molecule has 2 heterocycles. The minimum absolute atomic E-state index is 0.0123. The third-order valence-corrected chi connectivity index (χ3v) is 4.85. The van der Waals surface area contributed by atoms with Gasteiger partial charge in [-0.1, -0.05) is 18.5 Å². The molecule has 21 heavy (non-hydrogen) atoms. The fourth-order valence-corrected chi connectivity index (χ4v) is 3.41. The molecule has 1 fully saturated rings. The van der Waals surface area contributed by atoms with E-state index in [2.05, 4.69) is 23.8 Å². The van der Waals surface area contributed by atoms with E-state index < -0.39 is 6.10 Å². The van der Waals surface area contributed by atoms with Crippen LogP contribution in [0.4, 0.5) is 0 Å². The summed E-state index contributed by atoms with van der Waals surface area (Å²) in [5.41, 5.74) is 0.708. The molecule has 5 unspecified atom stereocenters. The van der Waals surface area contributed by atoms with Gasteiger partial charge in [0.15, 0.2) is 0 Å². The van der Waals surface area contributed by atoms with E-state index in [0.717, 1.165) is 6.54 Å². The average molecular weight is 316 g/mol. The Morgan fingerprint density at radius 1 is 1.38 bits per heavy atom. The zero-order valence-corrected chi connectivity index (χ0v) is 14.2. The minimum atomic E-state index is -0.655. The molecular formula is C15H26ClN3O2. The van der Waals surface area contributed by atoms with Gasteiger partial charge in [0.1, 0.15) is 6.10 Å². The Bertz CT molecular complexity index is 477. The van der Waals surface area contributed by atoms with Gasteiger partial charge >= 0.3 is 0 Å². The summed E-state index contributed by atoms with van der Waals surface area (Å²) in [6.45, 7) is 7.75. The second kappa shape index (κ2) is 6.65. The number of aromatic nitrogens is 2. The van der Waals surface area contributed by atoms with Crippen molar-refractivity contribution in [2.75, 3.05) is 20.6 Å². The number of hydrogen-bond donors (Lipinski definition) is 1. The van der Waals surface area contributed by atoms with E-state index in [-0.39, 0.29) is 24.0 Å². The molecule has 0 aromatic carbocycles. The highest BCUT2D eigenvalue weighted by Gasteiger charge is 2.43. The predicted molar refractivity (Wildman–Crippen MR) is 83.4 cm³/mol. The Morgan fingerprint density at radius 3 is 2.57 bits per heavy atom. The summed E-state index contributed by atoms with van der Waals surface area (Å²) in [5.74, 6) is 0.315. The first-order chi connectivity index (χ1) is 9.82. The van der Waals surface area contributed by atoms with Gasteiger partial charge in [0.25, 0.3) is 0 Å². The third kappa shape index (κ3) is 3.42. The van der Waals surface area contributed by atoms with Gasteiger partial charge in [-0.05, 0) is 33.9 Å². The Hall–Kier alpha value is -0.620. The van der Waals surface area contributed by atoms with Gasteiger partial charge in [-0.2, -0.15) is 5.10 Å².